The maximum absolute atomic E-state index is 12.9. The molecule has 1 amide bonds. The third-order valence-corrected chi connectivity index (χ3v) is 7.11. The highest BCUT2D eigenvalue weighted by Gasteiger charge is 2.39. The van der Waals surface area contributed by atoms with E-state index in [2.05, 4.69) is 21.2 Å². The lowest BCUT2D eigenvalue weighted by Gasteiger charge is -2.18. The number of amides is 1. The SMILES string of the molecule is O=C(Nc1ccc2ccccc2c1)C(c1csc2cc(Br)ccc12)P(=O)(O)O. The first kappa shape index (κ1) is 19.3. The average molecular weight is 476 g/mol. The molecule has 0 aliphatic rings. The highest BCUT2D eigenvalue weighted by Crippen LogP contribution is 2.54. The summed E-state index contributed by atoms with van der Waals surface area (Å²) in [6, 6.07) is 18.5. The first-order valence-electron chi connectivity index (χ1n) is 8.34. The van der Waals surface area contributed by atoms with Crippen LogP contribution in [0.4, 0.5) is 5.69 Å². The number of carbonyl (C=O) groups excluding carboxylic acids is 1. The van der Waals surface area contributed by atoms with Crippen molar-refractivity contribution in [3.05, 3.63) is 76.1 Å². The molecule has 0 spiro atoms. The molecule has 0 fully saturated rings. The van der Waals surface area contributed by atoms with E-state index in [4.69, 9.17) is 0 Å². The third kappa shape index (κ3) is 3.77. The Kier molecular flexibility index (Phi) is 5.12. The van der Waals surface area contributed by atoms with Gasteiger partial charge in [0.05, 0.1) is 0 Å². The van der Waals surface area contributed by atoms with Gasteiger partial charge in [-0.2, -0.15) is 0 Å². The highest BCUT2D eigenvalue weighted by molar-refractivity contribution is 9.10. The van der Waals surface area contributed by atoms with Crippen molar-refractivity contribution in [2.24, 2.45) is 0 Å². The van der Waals surface area contributed by atoms with E-state index >= 15 is 0 Å². The molecule has 4 rings (SSSR count). The lowest BCUT2D eigenvalue weighted by Crippen LogP contribution is -2.21. The fraction of sp³-hybridized carbons (Fsp3) is 0.0500. The molecule has 142 valence electrons. The molecule has 4 aromatic rings. The zero-order valence-corrected chi connectivity index (χ0v) is 17.7. The lowest BCUT2D eigenvalue weighted by atomic mass is 10.1. The summed E-state index contributed by atoms with van der Waals surface area (Å²) in [6.45, 7) is 0. The van der Waals surface area contributed by atoms with Gasteiger partial charge in [-0.1, -0.05) is 52.3 Å². The zero-order valence-electron chi connectivity index (χ0n) is 14.4. The molecular formula is C20H15BrNO4PS. The minimum absolute atomic E-state index is 0.333. The number of benzene rings is 3. The number of fused-ring (bicyclic) bond motifs is 2. The van der Waals surface area contributed by atoms with Crippen LogP contribution in [0.15, 0.2) is 70.5 Å². The number of halogens is 1. The van der Waals surface area contributed by atoms with Crippen molar-refractivity contribution in [2.45, 2.75) is 5.66 Å². The molecule has 1 heterocycles. The summed E-state index contributed by atoms with van der Waals surface area (Å²) in [5.74, 6) is -0.730. The topological polar surface area (TPSA) is 86.6 Å². The second-order valence-electron chi connectivity index (χ2n) is 6.37. The Morgan fingerprint density at radius 1 is 1.04 bits per heavy atom. The second kappa shape index (κ2) is 7.43. The van der Waals surface area contributed by atoms with Crippen LogP contribution >= 0.6 is 34.9 Å². The van der Waals surface area contributed by atoms with Crippen LogP contribution in [0.3, 0.4) is 0 Å². The van der Waals surface area contributed by atoms with Crippen LogP contribution in [-0.2, 0) is 9.36 Å². The molecule has 3 N–H and O–H groups in total. The van der Waals surface area contributed by atoms with Crippen LogP contribution in [0.25, 0.3) is 20.9 Å². The van der Waals surface area contributed by atoms with Gasteiger partial charge in [-0.3, -0.25) is 9.36 Å². The number of thiophene rings is 1. The summed E-state index contributed by atoms with van der Waals surface area (Å²) in [5.41, 5.74) is -0.752. The molecule has 0 radical (unpaired) electrons. The van der Waals surface area contributed by atoms with Gasteiger partial charge >= 0.3 is 7.60 Å². The predicted octanol–water partition coefficient (Wildman–Crippen LogP) is 5.67. The Morgan fingerprint density at radius 3 is 2.54 bits per heavy atom. The monoisotopic (exact) mass is 475 g/mol. The molecule has 0 aliphatic heterocycles. The zero-order chi connectivity index (χ0) is 19.9. The minimum Gasteiger partial charge on any atom is -0.325 e. The van der Waals surface area contributed by atoms with Gasteiger partial charge in [0.2, 0.25) is 5.91 Å². The molecule has 28 heavy (non-hydrogen) atoms. The fourth-order valence-corrected chi connectivity index (χ4v) is 5.77. The molecular weight excluding hydrogens is 461 g/mol. The van der Waals surface area contributed by atoms with Crippen molar-refractivity contribution < 1.29 is 19.1 Å². The van der Waals surface area contributed by atoms with Gasteiger partial charge in [-0.15, -0.1) is 11.3 Å². The number of anilines is 1. The largest absolute Gasteiger partial charge is 0.342 e. The molecule has 1 atom stereocenters. The van der Waals surface area contributed by atoms with Gasteiger partial charge < -0.3 is 15.1 Å². The molecule has 1 aromatic heterocycles. The van der Waals surface area contributed by atoms with Crippen molar-refractivity contribution in [3.63, 3.8) is 0 Å². The number of nitrogens with one attached hydrogen (secondary N) is 1. The average Bonchev–Trinajstić information content (AvgIpc) is 3.03. The summed E-state index contributed by atoms with van der Waals surface area (Å²) >= 11 is 4.73. The smallest absolute Gasteiger partial charge is 0.325 e. The Morgan fingerprint density at radius 2 is 1.79 bits per heavy atom. The van der Waals surface area contributed by atoms with E-state index in [-0.39, 0.29) is 0 Å². The lowest BCUT2D eigenvalue weighted by molar-refractivity contribution is -0.116. The summed E-state index contributed by atoms with van der Waals surface area (Å²) in [6.07, 6.45) is 0. The van der Waals surface area contributed by atoms with Crippen LogP contribution in [0.1, 0.15) is 11.2 Å². The van der Waals surface area contributed by atoms with Gasteiger partial charge in [0, 0.05) is 14.9 Å². The fourth-order valence-electron chi connectivity index (χ4n) is 3.19. The van der Waals surface area contributed by atoms with Crippen molar-refractivity contribution in [1.82, 2.24) is 0 Å². The molecule has 0 aliphatic carbocycles. The van der Waals surface area contributed by atoms with Crippen molar-refractivity contribution in [2.75, 3.05) is 5.32 Å². The van der Waals surface area contributed by atoms with E-state index in [0.29, 0.717) is 16.6 Å². The quantitative estimate of drug-likeness (QED) is 0.331. The van der Waals surface area contributed by atoms with Crippen LogP contribution in [0.2, 0.25) is 0 Å². The van der Waals surface area contributed by atoms with Crippen LogP contribution in [0.5, 0.6) is 0 Å². The van der Waals surface area contributed by atoms with E-state index < -0.39 is 19.2 Å². The van der Waals surface area contributed by atoms with Crippen molar-refractivity contribution in [3.8, 4) is 0 Å². The molecule has 5 nitrogen and oxygen atoms in total. The van der Waals surface area contributed by atoms with E-state index in [9.17, 15) is 19.1 Å². The molecule has 0 bridgehead atoms. The summed E-state index contributed by atoms with van der Waals surface area (Å²) in [7, 11) is -4.74. The van der Waals surface area contributed by atoms with E-state index in [1.807, 2.05) is 36.4 Å². The van der Waals surface area contributed by atoms with Crippen molar-refractivity contribution in [1.29, 1.82) is 0 Å². The third-order valence-electron chi connectivity index (χ3n) is 4.46. The van der Waals surface area contributed by atoms with Crippen LogP contribution in [0, 0.1) is 0 Å². The molecule has 3 aromatic carbocycles. The van der Waals surface area contributed by atoms with Gasteiger partial charge in [0.1, 0.15) is 0 Å². The summed E-state index contributed by atoms with van der Waals surface area (Å²) in [5, 5.41) is 6.92. The molecule has 0 saturated carbocycles. The van der Waals surface area contributed by atoms with Crippen LogP contribution < -0.4 is 5.32 Å². The molecule has 8 heteroatoms. The number of carbonyl (C=O) groups is 1. The maximum atomic E-state index is 12.9. The molecule has 0 saturated heterocycles. The van der Waals surface area contributed by atoms with Crippen molar-refractivity contribution >= 4 is 67.3 Å². The number of hydrogen-bond donors (Lipinski definition) is 3. The van der Waals surface area contributed by atoms with Gasteiger partial charge in [-0.25, -0.2) is 0 Å². The summed E-state index contributed by atoms with van der Waals surface area (Å²) < 4.78 is 13.9. The first-order chi connectivity index (χ1) is 13.3. The number of hydrogen-bond acceptors (Lipinski definition) is 3. The van der Waals surface area contributed by atoms with Gasteiger partial charge in [-0.05, 0) is 51.4 Å². The Hall–Kier alpha value is -2.02. The second-order valence-corrected chi connectivity index (χ2v) is 9.90. The van der Waals surface area contributed by atoms with Crippen LogP contribution in [-0.4, -0.2) is 15.7 Å². The standard InChI is InChI=1S/C20H15BrNO4PS/c21-14-6-8-16-17(11-28-18(16)10-14)19(27(24,25)26)20(23)22-15-7-5-12-3-1-2-4-13(12)9-15/h1-11,19H,(H,22,23)(H2,24,25,26). The first-order valence-corrected chi connectivity index (χ1v) is 11.7. The highest BCUT2D eigenvalue weighted by atomic mass is 79.9. The molecule has 1 unspecified atom stereocenters. The van der Waals surface area contributed by atoms with E-state index in [1.54, 1.807) is 29.6 Å². The Bertz CT molecular complexity index is 1250. The van der Waals surface area contributed by atoms with Gasteiger partial charge in [0.15, 0.2) is 5.66 Å². The summed E-state index contributed by atoms with van der Waals surface area (Å²) in [4.78, 5) is 32.8. The predicted molar refractivity (Wildman–Crippen MR) is 117 cm³/mol. The maximum Gasteiger partial charge on any atom is 0.342 e. The van der Waals surface area contributed by atoms with E-state index in [0.717, 1.165) is 19.9 Å². The Balaban J connectivity index is 1.72. The number of rotatable bonds is 4. The minimum atomic E-state index is -4.74. The Labute approximate surface area is 173 Å². The normalized spacial score (nSPS) is 13.0. The van der Waals surface area contributed by atoms with Gasteiger partial charge in [0.25, 0.3) is 0 Å². The van der Waals surface area contributed by atoms with E-state index in [1.165, 1.54) is 11.3 Å².